The zero-order valence-electron chi connectivity index (χ0n) is 33.4. The van der Waals surface area contributed by atoms with Gasteiger partial charge in [-0.25, -0.2) is 0 Å². The smallest absolute Gasteiger partial charge is 0.0751 e. The monoisotopic (exact) mass is 856 g/mol. The molecule has 0 amide bonds. The molecule has 2 aromatic rings. The molecule has 0 atom stereocenters. The third kappa shape index (κ3) is 23.4. The number of rotatable bonds is 38. The van der Waals surface area contributed by atoms with Crippen molar-refractivity contribution in [3.8, 4) is 0 Å². The Morgan fingerprint density at radius 2 is 0.460 bits per heavy atom. The maximum atomic E-state index is 3.97. The van der Waals surface area contributed by atoms with Crippen LogP contribution in [-0.2, 0) is 12.8 Å². The van der Waals surface area contributed by atoms with Gasteiger partial charge in [-0.2, -0.15) is 0 Å². The fraction of sp³-hybridized carbons (Fsp3) is 0.870. The summed E-state index contributed by atoms with van der Waals surface area (Å²) in [4.78, 5) is 0. The molecule has 0 saturated carbocycles. The molecule has 2 heterocycles. The summed E-state index contributed by atoms with van der Waals surface area (Å²) in [6.07, 6.45) is 54.5. The van der Waals surface area contributed by atoms with Crippen LogP contribution in [0.1, 0.15) is 256 Å². The first kappa shape index (κ1) is 46.8. The normalized spacial score (nSPS) is 11.8. The zero-order valence-corrected chi connectivity index (χ0v) is 38.2. The van der Waals surface area contributed by atoms with E-state index in [0.717, 1.165) is 0 Å². The number of hydrogen-bond acceptors (Lipinski definition) is 2. The van der Waals surface area contributed by atoms with Crippen LogP contribution >= 0.6 is 54.5 Å². The van der Waals surface area contributed by atoms with Crippen molar-refractivity contribution in [3.63, 3.8) is 0 Å². The van der Waals surface area contributed by atoms with Gasteiger partial charge in [0, 0.05) is 0 Å². The van der Waals surface area contributed by atoms with E-state index in [1.165, 1.54) is 252 Å². The van der Waals surface area contributed by atoms with Gasteiger partial charge in [-0.05, 0) is 68.7 Å². The summed E-state index contributed by atoms with van der Waals surface area (Å²) in [6, 6.07) is 0. The first-order valence-electron chi connectivity index (χ1n) is 22.6. The van der Waals surface area contributed by atoms with Gasteiger partial charge in [0.25, 0.3) is 0 Å². The van der Waals surface area contributed by atoms with E-state index in [-0.39, 0.29) is 0 Å². The molecule has 0 spiro atoms. The summed E-state index contributed by atoms with van der Waals surface area (Å²) in [6.45, 7) is 4.62. The predicted octanol–water partition coefficient (Wildman–Crippen LogP) is 19.7. The van der Waals surface area contributed by atoms with Gasteiger partial charge in [-0.1, -0.05) is 232 Å². The quantitative estimate of drug-likeness (QED) is 0.0590. The fourth-order valence-corrected chi connectivity index (χ4v) is 12.3. The molecular weight excluding hydrogens is 776 g/mol. The van der Waals surface area contributed by atoms with Gasteiger partial charge in [-0.15, -0.1) is 22.7 Å². The van der Waals surface area contributed by atoms with Crippen LogP contribution in [0.15, 0.2) is 7.57 Å². The summed E-state index contributed by atoms with van der Waals surface area (Å²) in [5.41, 5.74) is 3.19. The lowest BCUT2D eigenvalue weighted by molar-refractivity contribution is 0.525. The van der Waals surface area contributed by atoms with Crippen molar-refractivity contribution in [3.05, 3.63) is 18.7 Å². The Bertz CT molecular complexity index is 928. The van der Waals surface area contributed by atoms with Gasteiger partial charge in [-0.3, -0.25) is 0 Å². The summed E-state index contributed by atoms with van der Waals surface area (Å²) in [5.74, 6) is 0. The molecule has 0 unspecified atom stereocenters. The second kappa shape index (κ2) is 34.1. The highest BCUT2D eigenvalue weighted by Crippen LogP contribution is 2.46. The van der Waals surface area contributed by atoms with E-state index in [1.54, 1.807) is 20.5 Å². The highest BCUT2D eigenvalue weighted by molar-refractivity contribution is 9.11. The van der Waals surface area contributed by atoms with E-state index in [4.69, 9.17) is 0 Å². The molecule has 0 N–H and O–H groups in total. The number of hydrogen-bond donors (Lipinski definition) is 0. The van der Waals surface area contributed by atoms with Crippen molar-refractivity contribution < 1.29 is 0 Å². The Morgan fingerprint density at radius 1 is 0.280 bits per heavy atom. The molecule has 0 aliphatic carbocycles. The molecule has 0 radical (unpaired) electrons. The Hall–Kier alpha value is 0.620. The molecule has 0 fully saturated rings. The van der Waals surface area contributed by atoms with Gasteiger partial charge in [0.1, 0.15) is 0 Å². The Morgan fingerprint density at radius 3 is 0.660 bits per heavy atom. The molecule has 0 nitrogen and oxygen atoms in total. The largest absolute Gasteiger partial charge is 0.127 e. The highest BCUT2D eigenvalue weighted by Gasteiger charge is 2.18. The van der Waals surface area contributed by atoms with Crippen LogP contribution in [0.4, 0.5) is 0 Å². The van der Waals surface area contributed by atoms with Gasteiger partial charge in [0.05, 0.1) is 17.0 Å². The molecule has 0 bridgehead atoms. The lowest BCUT2D eigenvalue weighted by Crippen LogP contribution is -1.86. The van der Waals surface area contributed by atoms with Crippen LogP contribution < -0.4 is 0 Å². The molecule has 50 heavy (non-hydrogen) atoms. The van der Waals surface area contributed by atoms with E-state index in [1.807, 2.05) is 22.7 Å². The van der Waals surface area contributed by atoms with E-state index >= 15 is 0 Å². The molecule has 0 saturated heterocycles. The fourth-order valence-electron chi connectivity index (χ4n) is 7.80. The van der Waals surface area contributed by atoms with Crippen molar-refractivity contribution in [1.82, 2.24) is 0 Å². The van der Waals surface area contributed by atoms with Gasteiger partial charge in [0.15, 0.2) is 0 Å². The summed E-state index contributed by atoms with van der Waals surface area (Å²) in [5, 5.41) is 0. The minimum Gasteiger partial charge on any atom is -0.127 e. The standard InChI is InChI=1S/C46H82Br2S2/c1-3-5-7-9-11-13-15-17-19-21-23-25-27-29-31-33-35-37-39-41-43-44(50-45(41)47)42(46(48)49-43)40-38-36-34-32-30-28-26-24-22-20-18-16-14-12-10-8-6-4-2/h3-40H2,1-2H3. The maximum Gasteiger partial charge on any atom is 0.0751 e. The van der Waals surface area contributed by atoms with Gasteiger partial charge < -0.3 is 0 Å². The molecular formula is C46H82Br2S2. The maximum absolute atomic E-state index is 3.97. The average molecular weight is 859 g/mol. The summed E-state index contributed by atoms with van der Waals surface area (Å²) < 4.78 is 5.94. The van der Waals surface area contributed by atoms with Crippen molar-refractivity contribution in [2.75, 3.05) is 0 Å². The third-order valence-electron chi connectivity index (χ3n) is 11.2. The Balaban J connectivity index is 1.42. The van der Waals surface area contributed by atoms with E-state index in [2.05, 4.69) is 45.7 Å². The molecule has 0 aromatic carbocycles. The SMILES string of the molecule is CCCCCCCCCCCCCCCCCCCCc1c(Br)sc2c(CCCCCCCCCCCCCCCCCCCC)c(Br)sc12. The lowest BCUT2D eigenvalue weighted by Gasteiger charge is -2.04. The number of aryl methyl sites for hydroxylation is 2. The zero-order chi connectivity index (χ0) is 35.7. The molecule has 0 aliphatic heterocycles. The van der Waals surface area contributed by atoms with Crippen LogP contribution in [0, 0.1) is 0 Å². The second-order valence-electron chi connectivity index (χ2n) is 15.9. The van der Waals surface area contributed by atoms with Crippen LogP contribution in [0.2, 0.25) is 0 Å². The molecule has 0 aliphatic rings. The first-order valence-corrected chi connectivity index (χ1v) is 25.8. The number of unbranched alkanes of at least 4 members (excludes halogenated alkanes) is 34. The number of fused-ring (bicyclic) bond motifs is 1. The molecule has 2 rings (SSSR count). The highest BCUT2D eigenvalue weighted by atomic mass is 79.9. The first-order chi connectivity index (χ1) is 24.7. The molecule has 2 aromatic heterocycles. The van der Waals surface area contributed by atoms with Crippen LogP contribution in [0.3, 0.4) is 0 Å². The van der Waals surface area contributed by atoms with E-state index < -0.39 is 0 Å². The van der Waals surface area contributed by atoms with E-state index in [0.29, 0.717) is 0 Å². The summed E-state index contributed by atoms with van der Waals surface area (Å²) >= 11 is 11.9. The van der Waals surface area contributed by atoms with E-state index in [9.17, 15) is 0 Å². The Kier molecular flexibility index (Phi) is 31.9. The number of halogens is 2. The minimum absolute atomic E-state index is 1.24. The van der Waals surface area contributed by atoms with Crippen molar-refractivity contribution >= 4 is 63.9 Å². The third-order valence-corrected chi connectivity index (χ3v) is 15.4. The molecule has 292 valence electrons. The van der Waals surface area contributed by atoms with Crippen molar-refractivity contribution in [1.29, 1.82) is 0 Å². The van der Waals surface area contributed by atoms with Crippen molar-refractivity contribution in [2.45, 2.75) is 258 Å². The second-order valence-corrected chi connectivity index (χ2v) is 20.6. The predicted molar refractivity (Wildman–Crippen MR) is 240 cm³/mol. The number of thiophene rings is 2. The lowest BCUT2D eigenvalue weighted by atomic mass is 10.0. The van der Waals surface area contributed by atoms with Crippen LogP contribution in [-0.4, -0.2) is 0 Å². The average Bonchev–Trinajstić information content (AvgIpc) is 3.58. The Labute approximate surface area is 338 Å². The van der Waals surface area contributed by atoms with Gasteiger partial charge in [0.2, 0.25) is 0 Å². The van der Waals surface area contributed by atoms with Crippen molar-refractivity contribution in [2.24, 2.45) is 0 Å². The minimum atomic E-state index is 1.24. The van der Waals surface area contributed by atoms with Gasteiger partial charge >= 0.3 is 0 Å². The van der Waals surface area contributed by atoms with Crippen LogP contribution in [0.25, 0.3) is 9.40 Å². The summed E-state index contributed by atoms with van der Waals surface area (Å²) in [7, 11) is 0. The van der Waals surface area contributed by atoms with Crippen LogP contribution in [0.5, 0.6) is 0 Å². The topological polar surface area (TPSA) is 0 Å². The molecule has 4 heteroatoms.